The summed E-state index contributed by atoms with van der Waals surface area (Å²) in [5.41, 5.74) is 3.89. The molecule has 2 unspecified atom stereocenters. The Labute approximate surface area is 91.3 Å². The molecule has 3 nitrogen and oxygen atoms in total. The van der Waals surface area contributed by atoms with Gasteiger partial charge in [-0.05, 0) is 22.0 Å². The second-order valence-corrected chi connectivity index (χ2v) is 4.21. The predicted octanol–water partition coefficient (Wildman–Crippen LogP) is 1.82. The monoisotopic (exact) mass is 287 g/mol. The van der Waals surface area contributed by atoms with Crippen molar-refractivity contribution in [3.8, 4) is 0 Å². The topological polar surface area (TPSA) is 63.3 Å². The minimum atomic E-state index is -2.64. The van der Waals surface area contributed by atoms with Crippen LogP contribution in [0.2, 0.25) is 0 Å². The van der Waals surface area contributed by atoms with Crippen LogP contribution in [0.5, 0.6) is 0 Å². The van der Waals surface area contributed by atoms with Gasteiger partial charge in [-0.25, -0.2) is 13.6 Å². The van der Waals surface area contributed by atoms with Gasteiger partial charge in [0.25, 0.3) is 0 Å². The highest BCUT2D eigenvalue weighted by molar-refractivity contribution is 9.10. The van der Waals surface area contributed by atoms with Gasteiger partial charge in [0.1, 0.15) is 0 Å². The van der Waals surface area contributed by atoms with E-state index < -0.39 is 33.0 Å². The summed E-state index contributed by atoms with van der Waals surface area (Å²) in [6.07, 6.45) is -1.53. The zero-order chi connectivity index (χ0) is 11.1. The maximum Gasteiger partial charge on any atom is 0.337 e. The molecule has 2 atom stereocenters. The Kier molecular flexibility index (Phi) is 2.87. The van der Waals surface area contributed by atoms with E-state index in [4.69, 9.17) is 22.4 Å². The number of carboxylic acid groups (broad SMARTS) is 1. The molecular weight excluding hydrogens is 283 g/mol. The normalized spacial score (nSPS) is 32.9. The van der Waals surface area contributed by atoms with Gasteiger partial charge < -0.3 is 10.8 Å². The third-order valence-corrected chi connectivity index (χ3v) is 3.16. The van der Waals surface area contributed by atoms with E-state index in [1.165, 1.54) is 0 Å². The van der Waals surface area contributed by atoms with Crippen molar-refractivity contribution in [2.75, 3.05) is 0 Å². The van der Waals surface area contributed by atoms with Crippen LogP contribution in [0.4, 0.5) is 8.78 Å². The molecule has 0 spiro atoms. The summed E-state index contributed by atoms with van der Waals surface area (Å²) in [5, 5.41) is 7.98. The van der Waals surface area contributed by atoms with Gasteiger partial charge >= 0.3 is 5.97 Å². The predicted molar refractivity (Wildman–Crippen MR) is 50.4 cm³/mol. The van der Waals surface area contributed by atoms with Gasteiger partial charge in [-0.15, -0.1) is 0 Å². The van der Waals surface area contributed by atoms with Crippen LogP contribution in [-0.4, -0.2) is 21.8 Å². The van der Waals surface area contributed by atoms with E-state index in [2.05, 4.69) is 15.9 Å². The molecule has 1 aliphatic rings. The van der Waals surface area contributed by atoms with Crippen LogP contribution in [0.25, 0.3) is 0 Å². The van der Waals surface area contributed by atoms with Crippen LogP contribution in [-0.2, 0) is 4.79 Å². The highest BCUT2D eigenvalue weighted by Crippen LogP contribution is 2.43. The molecule has 1 rings (SSSR count). The van der Waals surface area contributed by atoms with Gasteiger partial charge in [0.05, 0.1) is 16.3 Å². The van der Waals surface area contributed by atoms with Crippen LogP contribution in [0, 0.1) is 0 Å². The molecule has 0 aromatic heterocycles. The van der Waals surface area contributed by atoms with Crippen molar-refractivity contribution in [1.29, 1.82) is 0 Å². The van der Waals surface area contributed by atoms with Gasteiger partial charge in [0.15, 0.2) is 6.17 Å². The Bertz CT molecular complexity index is 354. The van der Waals surface area contributed by atoms with Gasteiger partial charge in [0, 0.05) is 0 Å². The fourth-order valence-electron chi connectivity index (χ4n) is 0.944. The summed E-state index contributed by atoms with van der Waals surface area (Å²) in [5.74, 6) is -1.45. The first-order chi connectivity index (χ1) is 6.28. The molecule has 0 aromatic rings. The van der Waals surface area contributed by atoms with E-state index in [-0.39, 0.29) is 0 Å². The van der Waals surface area contributed by atoms with Crippen molar-refractivity contribution >= 4 is 33.5 Å². The highest BCUT2D eigenvalue weighted by Gasteiger charge is 2.46. The maximum atomic E-state index is 13.4. The molecule has 0 aliphatic heterocycles. The first kappa shape index (κ1) is 11.5. The number of aliphatic carboxylic acids is 1. The van der Waals surface area contributed by atoms with Crippen LogP contribution in [0.3, 0.4) is 0 Å². The largest absolute Gasteiger partial charge is 0.478 e. The number of hydrogen-bond acceptors (Lipinski definition) is 2. The molecule has 0 saturated carbocycles. The number of rotatable bonds is 1. The lowest BCUT2D eigenvalue weighted by Crippen LogP contribution is -2.37. The van der Waals surface area contributed by atoms with E-state index in [1.807, 2.05) is 0 Å². The van der Waals surface area contributed by atoms with Crippen molar-refractivity contribution in [2.45, 2.75) is 10.7 Å². The lowest BCUT2D eigenvalue weighted by Gasteiger charge is -2.26. The van der Waals surface area contributed by atoms with Gasteiger partial charge in [-0.1, -0.05) is 11.6 Å². The average Bonchev–Trinajstić information content (AvgIpc) is 2.08. The van der Waals surface area contributed by atoms with Crippen molar-refractivity contribution in [2.24, 2.45) is 5.73 Å². The number of hydrogen-bond donors (Lipinski definition) is 2. The van der Waals surface area contributed by atoms with Gasteiger partial charge in [0.2, 0.25) is 4.58 Å². The summed E-state index contributed by atoms with van der Waals surface area (Å²) in [6.45, 7) is 0. The average molecular weight is 288 g/mol. The second kappa shape index (κ2) is 3.51. The van der Waals surface area contributed by atoms with Crippen LogP contribution >= 0.6 is 27.5 Å². The van der Waals surface area contributed by atoms with Crippen molar-refractivity contribution in [3.05, 3.63) is 22.4 Å². The van der Waals surface area contributed by atoms with Crippen LogP contribution < -0.4 is 5.73 Å². The van der Waals surface area contributed by atoms with Gasteiger partial charge in [-0.2, -0.15) is 0 Å². The molecule has 78 valence electrons. The maximum absolute atomic E-state index is 13.4. The molecule has 0 bridgehead atoms. The Morgan fingerprint density at radius 2 is 2.29 bits per heavy atom. The SMILES string of the molecule is NC1=C(C(=O)O)C=C(Cl)C(F)(Br)C1F. The summed E-state index contributed by atoms with van der Waals surface area (Å²) < 4.78 is 24.0. The van der Waals surface area contributed by atoms with Crippen molar-refractivity contribution in [3.63, 3.8) is 0 Å². The molecule has 7 heteroatoms. The second-order valence-electron chi connectivity index (χ2n) is 2.65. The smallest absolute Gasteiger partial charge is 0.337 e. The fourth-order valence-corrected chi connectivity index (χ4v) is 1.51. The highest BCUT2D eigenvalue weighted by atomic mass is 79.9. The minimum absolute atomic E-state index is 0.532. The van der Waals surface area contributed by atoms with Crippen molar-refractivity contribution in [1.82, 2.24) is 0 Å². The number of halogens is 4. The van der Waals surface area contributed by atoms with E-state index >= 15 is 0 Å². The number of nitrogens with two attached hydrogens (primary N) is 1. The lowest BCUT2D eigenvalue weighted by molar-refractivity contribution is -0.132. The molecule has 0 radical (unpaired) electrons. The zero-order valence-electron chi connectivity index (χ0n) is 6.60. The molecule has 14 heavy (non-hydrogen) atoms. The number of carboxylic acids is 1. The summed E-state index contributed by atoms with van der Waals surface area (Å²) in [6, 6.07) is 0. The first-order valence-corrected chi connectivity index (χ1v) is 4.58. The molecule has 0 amide bonds. The molecule has 0 saturated heterocycles. The molecule has 1 aliphatic carbocycles. The quantitative estimate of drug-likeness (QED) is 0.723. The number of carbonyl (C=O) groups is 1. The summed E-state index contributed by atoms with van der Waals surface area (Å²) >= 11 is 7.74. The van der Waals surface area contributed by atoms with Crippen molar-refractivity contribution < 1.29 is 18.7 Å². The van der Waals surface area contributed by atoms with Crippen LogP contribution in [0.15, 0.2) is 22.4 Å². The minimum Gasteiger partial charge on any atom is -0.478 e. The van der Waals surface area contributed by atoms with E-state index in [1.54, 1.807) is 0 Å². The van der Waals surface area contributed by atoms with Gasteiger partial charge in [-0.3, -0.25) is 0 Å². The zero-order valence-corrected chi connectivity index (χ0v) is 8.94. The standard InChI is InChI=1S/C7H5BrClF2NO2/c8-7(11)3(9)1-2(6(13)14)4(12)5(7)10/h1,5H,12H2,(H,13,14). The number of alkyl halides is 3. The number of allylic oxidation sites excluding steroid dienone is 2. The summed E-state index contributed by atoms with van der Waals surface area (Å²) in [7, 11) is 0. The molecule has 0 fully saturated rings. The fraction of sp³-hybridized carbons (Fsp3) is 0.286. The lowest BCUT2D eigenvalue weighted by atomic mass is 10.0. The van der Waals surface area contributed by atoms with E-state index in [0.717, 1.165) is 6.08 Å². The van der Waals surface area contributed by atoms with E-state index in [0.29, 0.717) is 0 Å². The Hall–Kier alpha value is -0.620. The molecule has 0 heterocycles. The first-order valence-electron chi connectivity index (χ1n) is 3.41. The third kappa shape index (κ3) is 1.64. The Balaban J connectivity index is 3.27. The van der Waals surface area contributed by atoms with E-state index in [9.17, 15) is 13.6 Å². The Morgan fingerprint density at radius 1 is 1.79 bits per heavy atom. The molecule has 0 aromatic carbocycles. The third-order valence-electron chi connectivity index (χ3n) is 1.72. The molecule has 3 N–H and O–H groups in total. The van der Waals surface area contributed by atoms with Crippen LogP contribution in [0.1, 0.15) is 0 Å². The Morgan fingerprint density at radius 3 is 2.71 bits per heavy atom. The molecular formula is C7H5BrClF2NO2. The summed E-state index contributed by atoms with van der Waals surface area (Å²) in [4.78, 5) is 10.5.